The average molecular weight is 275 g/mol. The lowest BCUT2D eigenvalue weighted by Crippen LogP contribution is -2.62. The summed E-state index contributed by atoms with van der Waals surface area (Å²) < 4.78 is 5.28. The van der Waals surface area contributed by atoms with Gasteiger partial charge in [-0.05, 0) is 11.1 Å². The Morgan fingerprint density at radius 1 is 1.15 bits per heavy atom. The summed E-state index contributed by atoms with van der Waals surface area (Å²) in [7, 11) is 1.76. The second-order valence-electron chi connectivity index (χ2n) is 5.84. The van der Waals surface area contributed by atoms with Gasteiger partial charge in [0.25, 0.3) is 0 Å². The molecular weight excluding hydrogens is 250 g/mol. The molecule has 0 bridgehead atoms. The molecule has 1 N–H and O–H groups in total. The molecule has 1 aromatic rings. The second-order valence-corrected chi connectivity index (χ2v) is 5.84. The summed E-state index contributed by atoms with van der Waals surface area (Å²) in [6, 6.07) is 9.39. The van der Waals surface area contributed by atoms with Gasteiger partial charge in [0.1, 0.15) is 0 Å². The van der Waals surface area contributed by atoms with E-state index >= 15 is 0 Å². The molecule has 0 aliphatic carbocycles. The first-order valence-electron chi connectivity index (χ1n) is 7.59. The molecule has 4 nitrogen and oxygen atoms in total. The van der Waals surface area contributed by atoms with Gasteiger partial charge in [-0.3, -0.25) is 9.80 Å². The minimum Gasteiger partial charge on any atom is -0.380 e. The molecule has 2 heterocycles. The van der Waals surface area contributed by atoms with Crippen LogP contribution in [-0.4, -0.2) is 62.2 Å². The van der Waals surface area contributed by atoms with Crippen molar-refractivity contribution in [2.45, 2.75) is 19.2 Å². The molecule has 2 saturated heterocycles. The normalized spacial score (nSPS) is 21.9. The van der Waals surface area contributed by atoms with Crippen LogP contribution in [0.4, 0.5) is 0 Å². The molecule has 0 aromatic heterocycles. The summed E-state index contributed by atoms with van der Waals surface area (Å²) in [4.78, 5) is 5.18. The van der Waals surface area contributed by atoms with E-state index in [2.05, 4.69) is 39.4 Å². The van der Waals surface area contributed by atoms with Crippen LogP contribution >= 0.6 is 0 Å². The first kappa shape index (κ1) is 14.0. The molecule has 0 atom stereocenters. The van der Waals surface area contributed by atoms with Crippen LogP contribution in [0, 0.1) is 0 Å². The molecule has 2 aliphatic rings. The Morgan fingerprint density at radius 3 is 2.55 bits per heavy atom. The Morgan fingerprint density at radius 2 is 1.85 bits per heavy atom. The first-order chi connectivity index (χ1) is 9.86. The molecule has 2 aliphatic heterocycles. The largest absolute Gasteiger partial charge is 0.380 e. The predicted octanol–water partition coefficient (Wildman–Crippen LogP) is 0.922. The average Bonchev–Trinajstić information content (AvgIpc) is 2.45. The smallest absolute Gasteiger partial charge is 0.0716 e. The first-order valence-corrected chi connectivity index (χ1v) is 7.59. The van der Waals surface area contributed by atoms with Gasteiger partial charge in [-0.1, -0.05) is 24.3 Å². The fraction of sp³-hybridized carbons (Fsp3) is 0.625. The highest BCUT2D eigenvalue weighted by Crippen LogP contribution is 2.20. The zero-order chi connectivity index (χ0) is 13.8. The van der Waals surface area contributed by atoms with E-state index in [1.54, 1.807) is 7.11 Å². The highest BCUT2D eigenvalue weighted by molar-refractivity contribution is 5.26. The number of piperazine rings is 1. The van der Waals surface area contributed by atoms with Gasteiger partial charge in [0.2, 0.25) is 0 Å². The lowest BCUT2D eigenvalue weighted by molar-refractivity contribution is 0.0219. The third kappa shape index (κ3) is 3.20. The quantitative estimate of drug-likeness (QED) is 0.865. The van der Waals surface area contributed by atoms with Crippen molar-refractivity contribution in [3.8, 4) is 0 Å². The van der Waals surface area contributed by atoms with Crippen LogP contribution in [0.5, 0.6) is 0 Å². The molecular formula is C16H25N3O. The molecule has 20 heavy (non-hydrogen) atoms. The predicted molar refractivity (Wildman–Crippen MR) is 80.7 cm³/mol. The highest BCUT2D eigenvalue weighted by atomic mass is 16.5. The van der Waals surface area contributed by atoms with Gasteiger partial charge in [0.15, 0.2) is 0 Å². The number of hydrogen-bond donors (Lipinski definition) is 1. The molecule has 4 heteroatoms. The van der Waals surface area contributed by atoms with E-state index < -0.39 is 0 Å². The zero-order valence-corrected chi connectivity index (χ0v) is 12.3. The SMILES string of the molecule is COCc1ccccc1CN1CC(N2CCNCC2)C1. The summed E-state index contributed by atoms with van der Waals surface area (Å²) in [5, 5.41) is 3.42. The summed E-state index contributed by atoms with van der Waals surface area (Å²) in [5.74, 6) is 0. The Labute approximate surface area is 121 Å². The Hall–Kier alpha value is -0.940. The number of benzene rings is 1. The maximum Gasteiger partial charge on any atom is 0.0716 e. The van der Waals surface area contributed by atoms with Crippen LogP contribution in [0.3, 0.4) is 0 Å². The van der Waals surface area contributed by atoms with Crippen molar-refractivity contribution in [3.05, 3.63) is 35.4 Å². The Balaban J connectivity index is 1.51. The van der Waals surface area contributed by atoms with E-state index in [4.69, 9.17) is 4.74 Å². The van der Waals surface area contributed by atoms with Gasteiger partial charge in [-0.25, -0.2) is 0 Å². The molecule has 0 amide bonds. The summed E-state index contributed by atoms with van der Waals surface area (Å²) >= 11 is 0. The second kappa shape index (κ2) is 6.68. The van der Waals surface area contributed by atoms with Gasteiger partial charge in [0, 0.05) is 59.0 Å². The number of rotatable bonds is 5. The fourth-order valence-electron chi connectivity index (χ4n) is 3.20. The number of likely N-dealkylation sites (tertiary alicyclic amines) is 1. The van der Waals surface area contributed by atoms with E-state index in [0.29, 0.717) is 6.61 Å². The van der Waals surface area contributed by atoms with Gasteiger partial charge in [0.05, 0.1) is 6.61 Å². The number of nitrogens with one attached hydrogen (secondary N) is 1. The van der Waals surface area contributed by atoms with Crippen LogP contribution in [0.15, 0.2) is 24.3 Å². The third-order valence-electron chi connectivity index (χ3n) is 4.42. The third-order valence-corrected chi connectivity index (χ3v) is 4.42. The van der Waals surface area contributed by atoms with Gasteiger partial charge in [-0.15, -0.1) is 0 Å². The van der Waals surface area contributed by atoms with Gasteiger partial charge in [-0.2, -0.15) is 0 Å². The molecule has 1 aromatic carbocycles. The zero-order valence-electron chi connectivity index (χ0n) is 12.3. The fourth-order valence-corrected chi connectivity index (χ4v) is 3.20. The number of nitrogens with zero attached hydrogens (tertiary/aromatic N) is 2. The van der Waals surface area contributed by atoms with Crippen molar-refractivity contribution in [2.75, 3.05) is 46.4 Å². The van der Waals surface area contributed by atoms with Crippen LogP contribution in [-0.2, 0) is 17.9 Å². The summed E-state index contributed by atoms with van der Waals surface area (Å²) in [5.41, 5.74) is 2.73. The van der Waals surface area contributed by atoms with Gasteiger partial charge >= 0.3 is 0 Å². The van der Waals surface area contributed by atoms with E-state index in [0.717, 1.165) is 25.7 Å². The minimum absolute atomic E-state index is 0.714. The van der Waals surface area contributed by atoms with Crippen LogP contribution in [0.1, 0.15) is 11.1 Å². The number of methoxy groups -OCH3 is 1. The van der Waals surface area contributed by atoms with E-state index in [1.807, 2.05) is 0 Å². The van der Waals surface area contributed by atoms with Crippen LogP contribution in [0.2, 0.25) is 0 Å². The molecule has 110 valence electrons. The monoisotopic (exact) mass is 275 g/mol. The number of hydrogen-bond acceptors (Lipinski definition) is 4. The Kier molecular flexibility index (Phi) is 4.68. The Bertz CT molecular complexity index is 425. The maximum atomic E-state index is 5.28. The molecule has 2 fully saturated rings. The summed E-state index contributed by atoms with van der Waals surface area (Å²) in [6.45, 7) is 8.90. The topological polar surface area (TPSA) is 27.7 Å². The van der Waals surface area contributed by atoms with Gasteiger partial charge < -0.3 is 10.1 Å². The lowest BCUT2D eigenvalue weighted by atomic mass is 10.0. The molecule has 3 rings (SSSR count). The van der Waals surface area contributed by atoms with E-state index in [1.165, 1.54) is 37.3 Å². The summed E-state index contributed by atoms with van der Waals surface area (Å²) in [6.07, 6.45) is 0. The standard InChI is InChI=1S/C16H25N3O/c1-20-13-15-5-3-2-4-14(15)10-18-11-16(12-18)19-8-6-17-7-9-19/h2-5,16-17H,6-13H2,1H3. The van der Waals surface area contributed by atoms with E-state index in [9.17, 15) is 0 Å². The van der Waals surface area contributed by atoms with Crippen molar-refractivity contribution in [3.63, 3.8) is 0 Å². The molecule has 0 saturated carbocycles. The van der Waals surface area contributed by atoms with E-state index in [-0.39, 0.29) is 0 Å². The van der Waals surface area contributed by atoms with Crippen LogP contribution < -0.4 is 5.32 Å². The molecule has 0 unspecified atom stereocenters. The minimum atomic E-state index is 0.714. The van der Waals surface area contributed by atoms with Crippen molar-refractivity contribution < 1.29 is 4.74 Å². The molecule has 0 radical (unpaired) electrons. The number of ether oxygens (including phenoxy) is 1. The lowest BCUT2D eigenvalue weighted by Gasteiger charge is -2.47. The maximum absolute atomic E-state index is 5.28. The van der Waals surface area contributed by atoms with Crippen molar-refractivity contribution >= 4 is 0 Å². The van der Waals surface area contributed by atoms with Crippen LogP contribution in [0.25, 0.3) is 0 Å². The highest BCUT2D eigenvalue weighted by Gasteiger charge is 2.32. The van der Waals surface area contributed by atoms with Crippen molar-refractivity contribution in [1.29, 1.82) is 0 Å². The van der Waals surface area contributed by atoms with Crippen molar-refractivity contribution in [1.82, 2.24) is 15.1 Å². The molecule has 0 spiro atoms. The van der Waals surface area contributed by atoms with Crippen molar-refractivity contribution in [2.24, 2.45) is 0 Å².